The summed E-state index contributed by atoms with van der Waals surface area (Å²) in [7, 11) is 0. The summed E-state index contributed by atoms with van der Waals surface area (Å²) in [5, 5.41) is 2.74. The lowest BCUT2D eigenvalue weighted by molar-refractivity contribution is -0.139. The Morgan fingerprint density at radius 1 is 1.38 bits per heavy atom. The molecular weight excluding hydrogens is 267 g/mol. The van der Waals surface area contributed by atoms with Gasteiger partial charge in [0, 0.05) is 18.3 Å². The minimum atomic E-state index is -2.35. The Morgan fingerprint density at radius 2 is 1.94 bits per heavy atom. The van der Waals surface area contributed by atoms with Crippen LogP contribution in [-0.2, 0) is 30.4 Å². The molecule has 0 heterocycles. The second kappa shape index (κ2) is 9.03. The van der Waals surface area contributed by atoms with Gasteiger partial charge in [0.1, 0.15) is 0 Å². The first kappa shape index (κ1) is 16.0. The number of ether oxygens (including phenoxy) is 1. The topological polar surface area (TPSA) is 44.8 Å². The molecule has 0 bridgehead atoms. The summed E-state index contributed by atoms with van der Waals surface area (Å²) in [4.78, 5) is 10.4. The lowest BCUT2D eigenvalue weighted by Gasteiger charge is -2.16. The molecule has 0 rings (SSSR count). The third-order valence-corrected chi connectivity index (χ3v) is 5.64. The summed E-state index contributed by atoms with van der Waals surface area (Å²) >= 11 is 6.37. The molecule has 0 aliphatic carbocycles. The van der Waals surface area contributed by atoms with Crippen LogP contribution in [0.5, 0.6) is 0 Å². The van der Waals surface area contributed by atoms with Gasteiger partial charge in [0.25, 0.3) is 5.69 Å². The number of esters is 1. The monoisotopic (exact) mass is 282 g/mol. The van der Waals surface area contributed by atoms with Gasteiger partial charge in [-0.05, 0) is 36.8 Å². The molecule has 0 unspecified atom stereocenters. The summed E-state index contributed by atoms with van der Waals surface area (Å²) in [5.41, 5.74) is -2.35. The van der Waals surface area contributed by atoms with E-state index in [0.717, 1.165) is 11.4 Å². The maximum absolute atomic E-state index is 10.4. The quantitative estimate of drug-likeness (QED) is 0.424. The van der Waals surface area contributed by atoms with E-state index in [-0.39, 0.29) is 12.6 Å². The minimum absolute atomic E-state index is 0.0654. The lowest BCUT2D eigenvalue weighted by atomic mass is 10.7. The van der Waals surface area contributed by atoms with Crippen molar-refractivity contribution in [3.05, 3.63) is 0 Å². The highest BCUT2D eigenvalue weighted by Gasteiger charge is 2.17. The largest absolute Gasteiger partial charge is 0.453 e. The molecule has 92 valence electrons. The Balaban J connectivity index is 4.10. The van der Waals surface area contributed by atoms with Crippen molar-refractivity contribution in [1.29, 1.82) is 0 Å². The first-order valence-corrected chi connectivity index (χ1v) is 8.79. The van der Waals surface area contributed by atoms with E-state index >= 15 is 0 Å². The van der Waals surface area contributed by atoms with Crippen molar-refractivity contribution >= 4 is 34.9 Å². The molecule has 0 amide bonds. The fraction of sp³-hybridized carbons (Fsp3) is 0.667. The van der Waals surface area contributed by atoms with E-state index in [1.807, 2.05) is 13.8 Å². The van der Waals surface area contributed by atoms with Gasteiger partial charge in [-0.15, -0.1) is 0 Å². The average Bonchev–Trinajstić information content (AvgIpc) is 2.17. The third kappa shape index (κ3) is 8.14. The molecule has 0 N–H and O–H groups in total. The molecule has 0 fully saturated rings. The van der Waals surface area contributed by atoms with E-state index in [1.54, 1.807) is 0 Å². The Bertz CT molecular complexity index is 311. The zero-order chi connectivity index (χ0) is 12.4. The average molecular weight is 282 g/mol. The Kier molecular flexibility index (Phi) is 9.00. The van der Waals surface area contributed by atoms with E-state index < -0.39 is 5.69 Å². The maximum atomic E-state index is 10.4. The molecule has 0 aromatic heterocycles. The minimum Gasteiger partial charge on any atom is -0.453 e. The number of hydrogen-bond donors (Lipinski definition) is 0. The number of hydrogen-bond acceptors (Lipinski definition) is 6. The molecule has 4 nitrogen and oxygen atoms in total. The fourth-order valence-corrected chi connectivity index (χ4v) is 4.15. The summed E-state index contributed by atoms with van der Waals surface area (Å²) < 4.78 is 15.4. The van der Waals surface area contributed by atoms with Crippen LogP contribution in [0.25, 0.3) is 0 Å². The van der Waals surface area contributed by atoms with E-state index in [2.05, 4.69) is 15.9 Å². The first-order chi connectivity index (χ1) is 7.54. The first-order valence-electron chi connectivity index (χ1n) is 4.73. The van der Waals surface area contributed by atoms with Gasteiger partial charge >= 0.3 is 5.97 Å². The van der Waals surface area contributed by atoms with E-state index in [9.17, 15) is 4.79 Å². The zero-order valence-corrected chi connectivity index (χ0v) is 12.0. The highest BCUT2D eigenvalue weighted by atomic mass is 32.9. The zero-order valence-electron chi connectivity index (χ0n) is 9.52. The summed E-state index contributed by atoms with van der Waals surface area (Å²) in [6.07, 6.45) is 0. The Hall–Kier alpha value is -0.0500. The van der Waals surface area contributed by atoms with Gasteiger partial charge < -0.3 is 13.8 Å². The van der Waals surface area contributed by atoms with Crippen molar-refractivity contribution in [3.63, 3.8) is 0 Å². The van der Waals surface area contributed by atoms with Gasteiger partial charge in [-0.1, -0.05) is 0 Å². The molecule has 7 heteroatoms. The molecule has 0 aromatic rings. The van der Waals surface area contributed by atoms with Gasteiger partial charge in [0.15, 0.2) is 6.61 Å². The molecule has 16 heavy (non-hydrogen) atoms. The lowest BCUT2D eigenvalue weighted by Crippen LogP contribution is -1.97. The summed E-state index contributed by atoms with van der Waals surface area (Å²) in [6, 6.07) is 0. The molecule has 0 saturated carbocycles. The molecule has 0 atom stereocenters. The predicted octanol–water partition coefficient (Wildman–Crippen LogP) is 2.54. The molecule has 0 spiro atoms. The summed E-state index contributed by atoms with van der Waals surface area (Å²) in [6.45, 7) is 6.10. The van der Waals surface area contributed by atoms with Crippen LogP contribution in [0.15, 0.2) is 0 Å². The highest BCUT2D eigenvalue weighted by molar-refractivity contribution is 8.69. The van der Waals surface area contributed by atoms with Crippen LogP contribution in [0.4, 0.5) is 0 Å². The van der Waals surface area contributed by atoms with Crippen molar-refractivity contribution in [2.45, 2.75) is 20.8 Å². The van der Waals surface area contributed by atoms with Crippen LogP contribution in [0.2, 0.25) is 0 Å². The van der Waals surface area contributed by atoms with Gasteiger partial charge in [0.05, 0.1) is 13.2 Å². The number of carbonyl (C=O) groups excluding carboxylic acids is 1. The van der Waals surface area contributed by atoms with Crippen LogP contribution < -0.4 is 0 Å². The second-order valence-corrected chi connectivity index (χ2v) is 8.36. The van der Waals surface area contributed by atoms with Gasteiger partial charge in [-0.2, -0.15) is 0 Å². The molecule has 0 aliphatic rings. The van der Waals surface area contributed by atoms with Crippen molar-refractivity contribution in [2.75, 3.05) is 19.8 Å². The standard InChI is InChI=1S/C9H15O4PS2/c1-4-12-14(15,13-5-2)16-8-6-7-11-9(3)10/h4-5,7H2,1-3H3. The third-order valence-electron chi connectivity index (χ3n) is 1.15. The van der Waals surface area contributed by atoms with Gasteiger partial charge in [0.2, 0.25) is 0 Å². The van der Waals surface area contributed by atoms with Crippen molar-refractivity contribution < 1.29 is 18.6 Å². The summed E-state index contributed by atoms with van der Waals surface area (Å²) in [5.74, 6) is 2.31. The maximum Gasteiger partial charge on any atom is 0.303 e. The SMILES string of the molecule is CCOP(=S)(OCC)SC#CCOC(C)=O. The molecular formula is C9H15O4PS2. The van der Waals surface area contributed by atoms with Crippen LogP contribution in [0.3, 0.4) is 0 Å². The number of carbonyl (C=O) groups is 1. The predicted molar refractivity (Wildman–Crippen MR) is 69.5 cm³/mol. The molecule has 0 saturated heterocycles. The van der Waals surface area contributed by atoms with Crippen LogP contribution in [-0.4, -0.2) is 25.8 Å². The van der Waals surface area contributed by atoms with Crippen molar-refractivity contribution in [2.24, 2.45) is 0 Å². The molecule has 0 radical (unpaired) electrons. The van der Waals surface area contributed by atoms with E-state index in [4.69, 9.17) is 20.9 Å². The molecule has 0 aromatic carbocycles. The van der Waals surface area contributed by atoms with Crippen LogP contribution >= 0.6 is 17.1 Å². The van der Waals surface area contributed by atoms with E-state index in [0.29, 0.717) is 13.2 Å². The van der Waals surface area contributed by atoms with Crippen LogP contribution in [0.1, 0.15) is 20.8 Å². The van der Waals surface area contributed by atoms with Crippen molar-refractivity contribution in [1.82, 2.24) is 0 Å². The highest BCUT2D eigenvalue weighted by Crippen LogP contribution is 2.60. The molecule has 0 aliphatic heterocycles. The van der Waals surface area contributed by atoms with Crippen molar-refractivity contribution in [3.8, 4) is 11.2 Å². The van der Waals surface area contributed by atoms with Gasteiger partial charge in [-0.25, -0.2) is 0 Å². The second-order valence-electron chi connectivity index (χ2n) is 2.43. The fourth-order valence-electron chi connectivity index (χ4n) is 0.662. The van der Waals surface area contributed by atoms with E-state index in [1.165, 1.54) is 6.92 Å². The smallest absolute Gasteiger partial charge is 0.303 e. The number of rotatable bonds is 6. The van der Waals surface area contributed by atoms with Gasteiger partial charge in [-0.3, -0.25) is 4.79 Å². The van der Waals surface area contributed by atoms with Crippen LogP contribution in [0, 0.1) is 11.2 Å². The Morgan fingerprint density at radius 3 is 2.38 bits per heavy atom. The normalized spacial score (nSPS) is 10.4. The Labute approximate surface area is 105 Å².